The molecule has 1 saturated heterocycles. The Hall–Kier alpha value is -1.62. The molecule has 0 radical (unpaired) electrons. The van der Waals surface area contributed by atoms with Crippen molar-refractivity contribution in [2.75, 3.05) is 23.3 Å². The summed E-state index contributed by atoms with van der Waals surface area (Å²) >= 11 is 1.62. The molecular formula is C14H18N4S. The van der Waals surface area contributed by atoms with Gasteiger partial charge in [-0.15, -0.1) is 11.3 Å². The molecule has 0 spiro atoms. The Morgan fingerprint density at radius 1 is 1.26 bits per heavy atom. The van der Waals surface area contributed by atoms with E-state index in [4.69, 9.17) is 0 Å². The molecule has 0 aliphatic carbocycles. The van der Waals surface area contributed by atoms with Gasteiger partial charge in [-0.25, -0.2) is 9.97 Å². The van der Waals surface area contributed by atoms with Gasteiger partial charge in [0, 0.05) is 18.5 Å². The van der Waals surface area contributed by atoms with E-state index in [1.807, 2.05) is 11.7 Å². The summed E-state index contributed by atoms with van der Waals surface area (Å²) in [6.45, 7) is 4.38. The molecule has 1 aliphatic heterocycles. The van der Waals surface area contributed by atoms with Gasteiger partial charge in [-0.05, 0) is 31.9 Å². The van der Waals surface area contributed by atoms with Crippen molar-refractivity contribution >= 4 is 22.8 Å². The molecule has 1 aliphatic rings. The molecule has 3 heterocycles. The Kier molecular flexibility index (Phi) is 3.64. The molecule has 2 aromatic heterocycles. The van der Waals surface area contributed by atoms with Crippen LogP contribution in [0.25, 0.3) is 0 Å². The second kappa shape index (κ2) is 5.57. The van der Waals surface area contributed by atoms with Crippen molar-refractivity contribution < 1.29 is 0 Å². The first-order valence-electron chi connectivity index (χ1n) is 6.68. The summed E-state index contributed by atoms with van der Waals surface area (Å²) < 4.78 is 0. The van der Waals surface area contributed by atoms with Gasteiger partial charge in [0.25, 0.3) is 0 Å². The summed E-state index contributed by atoms with van der Waals surface area (Å²) in [6, 6.07) is 4.41. The minimum Gasteiger partial charge on any atom is -0.376 e. The molecule has 0 bridgehead atoms. The molecule has 1 unspecified atom stereocenters. The lowest BCUT2D eigenvalue weighted by Gasteiger charge is -2.17. The van der Waals surface area contributed by atoms with Crippen LogP contribution in [0, 0.1) is 0 Å². The predicted octanol–water partition coefficient (Wildman–Crippen LogP) is 3.31. The van der Waals surface area contributed by atoms with Gasteiger partial charge in [0.05, 0.1) is 29.1 Å². The highest BCUT2D eigenvalue weighted by Crippen LogP contribution is 2.22. The largest absolute Gasteiger partial charge is 0.376 e. The van der Waals surface area contributed by atoms with Gasteiger partial charge in [0.1, 0.15) is 5.82 Å². The predicted molar refractivity (Wildman–Crippen MR) is 79.8 cm³/mol. The SMILES string of the molecule is CC(Nc1ccc(N2CCCC2)nc1)c1cscn1. The molecule has 4 nitrogen and oxygen atoms in total. The minimum atomic E-state index is 0.214. The lowest BCUT2D eigenvalue weighted by molar-refractivity contribution is 0.847. The number of hydrogen-bond acceptors (Lipinski definition) is 5. The van der Waals surface area contributed by atoms with Crippen LogP contribution in [0.4, 0.5) is 11.5 Å². The Labute approximate surface area is 117 Å². The fourth-order valence-electron chi connectivity index (χ4n) is 2.36. The van der Waals surface area contributed by atoms with Crippen molar-refractivity contribution in [3.63, 3.8) is 0 Å². The zero-order chi connectivity index (χ0) is 13.1. The molecule has 1 N–H and O–H groups in total. The summed E-state index contributed by atoms with van der Waals surface area (Å²) in [5.41, 5.74) is 3.99. The van der Waals surface area contributed by atoms with Crippen LogP contribution in [0.2, 0.25) is 0 Å². The van der Waals surface area contributed by atoms with E-state index in [2.05, 4.69) is 44.6 Å². The standard InChI is InChI=1S/C14H18N4S/c1-11(13-9-19-10-16-13)17-12-4-5-14(15-8-12)18-6-2-3-7-18/h4-5,8-11,17H,2-3,6-7H2,1H3. The monoisotopic (exact) mass is 274 g/mol. The molecule has 5 heteroatoms. The molecule has 0 saturated carbocycles. The van der Waals surface area contributed by atoms with Crippen molar-refractivity contribution in [1.82, 2.24) is 9.97 Å². The second-order valence-corrected chi connectivity index (χ2v) is 5.60. The van der Waals surface area contributed by atoms with Crippen LogP contribution in [-0.2, 0) is 0 Å². The van der Waals surface area contributed by atoms with Crippen LogP contribution in [0.1, 0.15) is 31.5 Å². The van der Waals surface area contributed by atoms with Crippen molar-refractivity contribution in [1.29, 1.82) is 0 Å². The molecule has 100 valence electrons. The van der Waals surface area contributed by atoms with Crippen molar-refractivity contribution in [2.45, 2.75) is 25.8 Å². The van der Waals surface area contributed by atoms with Gasteiger partial charge in [0.2, 0.25) is 0 Å². The maximum Gasteiger partial charge on any atom is 0.128 e. The number of aromatic nitrogens is 2. The molecule has 2 aromatic rings. The highest BCUT2D eigenvalue weighted by atomic mass is 32.1. The summed E-state index contributed by atoms with van der Waals surface area (Å²) in [5.74, 6) is 1.09. The smallest absolute Gasteiger partial charge is 0.128 e. The Morgan fingerprint density at radius 2 is 2.11 bits per heavy atom. The van der Waals surface area contributed by atoms with E-state index < -0.39 is 0 Å². The van der Waals surface area contributed by atoms with Gasteiger partial charge in [-0.3, -0.25) is 0 Å². The topological polar surface area (TPSA) is 41.0 Å². The van der Waals surface area contributed by atoms with E-state index in [1.54, 1.807) is 11.3 Å². The molecule has 19 heavy (non-hydrogen) atoms. The molecule has 1 atom stereocenters. The van der Waals surface area contributed by atoms with Crippen LogP contribution < -0.4 is 10.2 Å². The molecule has 0 aromatic carbocycles. The quantitative estimate of drug-likeness (QED) is 0.928. The number of pyridine rings is 1. The van der Waals surface area contributed by atoms with Gasteiger partial charge < -0.3 is 10.2 Å². The van der Waals surface area contributed by atoms with Gasteiger partial charge in [-0.1, -0.05) is 0 Å². The second-order valence-electron chi connectivity index (χ2n) is 4.88. The van der Waals surface area contributed by atoms with E-state index in [-0.39, 0.29) is 6.04 Å². The Balaban J connectivity index is 1.65. The summed E-state index contributed by atoms with van der Waals surface area (Å²) in [5, 5.41) is 5.50. The molecular weight excluding hydrogens is 256 g/mol. The summed E-state index contributed by atoms with van der Waals surface area (Å²) in [4.78, 5) is 11.2. The minimum absolute atomic E-state index is 0.214. The van der Waals surface area contributed by atoms with Crippen molar-refractivity contribution in [2.24, 2.45) is 0 Å². The molecule has 0 amide bonds. The molecule has 3 rings (SSSR count). The van der Waals surface area contributed by atoms with Crippen LogP contribution in [0.3, 0.4) is 0 Å². The number of nitrogens with zero attached hydrogens (tertiary/aromatic N) is 3. The third kappa shape index (κ3) is 2.87. The zero-order valence-electron chi connectivity index (χ0n) is 11.0. The Bertz CT molecular complexity index is 503. The lowest BCUT2D eigenvalue weighted by Crippen LogP contribution is -2.18. The number of hydrogen-bond donors (Lipinski definition) is 1. The normalized spacial score (nSPS) is 16.6. The first-order valence-corrected chi connectivity index (χ1v) is 7.63. The third-order valence-corrected chi connectivity index (χ3v) is 4.06. The number of rotatable bonds is 4. The fourth-order valence-corrected chi connectivity index (χ4v) is 3.01. The first kappa shape index (κ1) is 12.4. The summed E-state index contributed by atoms with van der Waals surface area (Å²) in [6.07, 6.45) is 4.47. The Morgan fingerprint density at radius 3 is 2.74 bits per heavy atom. The van der Waals surface area contributed by atoms with E-state index in [9.17, 15) is 0 Å². The van der Waals surface area contributed by atoms with E-state index >= 15 is 0 Å². The maximum absolute atomic E-state index is 4.54. The van der Waals surface area contributed by atoms with Gasteiger partial charge in [-0.2, -0.15) is 0 Å². The maximum atomic E-state index is 4.54. The van der Waals surface area contributed by atoms with Crippen LogP contribution in [0.15, 0.2) is 29.2 Å². The average molecular weight is 274 g/mol. The number of nitrogens with one attached hydrogen (secondary N) is 1. The first-order chi connectivity index (χ1) is 9.33. The zero-order valence-corrected chi connectivity index (χ0v) is 11.9. The molecule has 1 fully saturated rings. The third-order valence-electron chi connectivity index (χ3n) is 3.46. The highest BCUT2D eigenvalue weighted by Gasteiger charge is 2.13. The average Bonchev–Trinajstić information content (AvgIpc) is 3.13. The van der Waals surface area contributed by atoms with E-state index in [0.717, 1.165) is 30.3 Å². The van der Waals surface area contributed by atoms with E-state index in [1.165, 1.54) is 12.8 Å². The van der Waals surface area contributed by atoms with Crippen LogP contribution in [0.5, 0.6) is 0 Å². The summed E-state index contributed by atoms with van der Waals surface area (Å²) in [7, 11) is 0. The van der Waals surface area contributed by atoms with E-state index in [0.29, 0.717) is 0 Å². The lowest BCUT2D eigenvalue weighted by atomic mass is 10.2. The van der Waals surface area contributed by atoms with Crippen molar-refractivity contribution in [3.8, 4) is 0 Å². The van der Waals surface area contributed by atoms with Crippen LogP contribution in [-0.4, -0.2) is 23.1 Å². The van der Waals surface area contributed by atoms with Crippen LogP contribution >= 0.6 is 11.3 Å². The number of anilines is 2. The number of thiazole rings is 1. The highest BCUT2D eigenvalue weighted by molar-refractivity contribution is 7.07. The van der Waals surface area contributed by atoms with Gasteiger partial charge in [0.15, 0.2) is 0 Å². The van der Waals surface area contributed by atoms with Crippen molar-refractivity contribution in [3.05, 3.63) is 34.9 Å². The fraction of sp³-hybridized carbons (Fsp3) is 0.429. The van der Waals surface area contributed by atoms with Gasteiger partial charge >= 0.3 is 0 Å².